The largest absolute Gasteiger partial charge is 0.411 e. The van der Waals surface area contributed by atoms with Crippen molar-refractivity contribution < 1.29 is 17.9 Å². The molecule has 1 unspecified atom stereocenters. The minimum absolute atomic E-state index is 0.0573. The molecule has 0 aromatic heterocycles. The number of rotatable bonds is 9. The van der Waals surface area contributed by atoms with Gasteiger partial charge in [0.25, 0.3) is 0 Å². The van der Waals surface area contributed by atoms with Crippen LogP contribution in [0.15, 0.2) is 0 Å². The monoisotopic (exact) mass is 297 g/mol. The number of ether oxygens (including phenoxy) is 1. The Bertz CT molecular complexity index is 261. The number of nitrogens with one attached hydrogen (secondary N) is 1. The van der Waals surface area contributed by atoms with Crippen molar-refractivity contribution >= 4 is 0 Å². The maximum Gasteiger partial charge on any atom is 0.411 e. The van der Waals surface area contributed by atoms with Gasteiger partial charge in [0.2, 0.25) is 0 Å². The Hall–Kier alpha value is -0.290. The SMILES string of the molecule is CCCC(C)(CCCOCC(F)(F)F)CNC(C)(C)C. The second-order valence-corrected chi connectivity index (χ2v) is 6.94. The van der Waals surface area contributed by atoms with Gasteiger partial charge in [0.1, 0.15) is 6.61 Å². The quantitative estimate of drug-likeness (QED) is 0.631. The minimum atomic E-state index is -4.22. The Labute approximate surface area is 121 Å². The van der Waals surface area contributed by atoms with Gasteiger partial charge in [-0.1, -0.05) is 20.3 Å². The molecule has 1 atom stereocenters. The molecule has 0 aliphatic carbocycles. The zero-order valence-corrected chi connectivity index (χ0v) is 13.5. The summed E-state index contributed by atoms with van der Waals surface area (Å²) in [6, 6.07) is 0. The van der Waals surface area contributed by atoms with E-state index < -0.39 is 12.8 Å². The van der Waals surface area contributed by atoms with Gasteiger partial charge < -0.3 is 10.1 Å². The van der Waals surface area contributed by atoms with E-state index in [9.17, 15) is 13.2 Å². The third-order valence-electron chi connectivity index (χ3n) is 3.23. The molecule has 0 saturated heterocycles. The van der Waals surface area contributed by atoms with Gasteiger partial charge in [-0.05, 0) is 45.4 Å². The van der Waals surface area contributed by atoms with E-state index in [0.29, 0.717) is 6.42 Å². The van der Waals surface area contributed by atoms with Crippen LogP contribution in [0.25, 0.3) is 0 Å². The van der Waals surface area contributed by atoms with Crippen molar-refractivity contribution in [2.45, 2.75) is 72.0 Å². The zero-order chi connectivity index (χ0) is 15.9. The molecule has 2 nitrogen and oxygen atoms in total. The third kappa shape index (κ3) is 11.5. The first-order chi connectivity index (χ1) is 8.97. The molecule has 0 fully saturated rings. The van der Waals surface area contributed by atoms with Crippen LogP contribution in [0, 0.1) is 5.41 Å². The standard InChI is InChI=1S/C15H30F3NO/c1-6-8-14(5,11-19-13(2,3)4)9-7-10-20-12-15(16,17)18/h19H,6-12H2,1-5H3. The van der Waals surface area contributed by atoms with Gasteiger partial charge in [0, 0.05) is 18.7 Å². The Kier molecular flexibility index (Phi) is 8.11. The normalized spacial score (nSPS) is 16.2. The van der Waals surface area contributed by atoms with Crippen molar-refractivity contribution in [3.8, 4) is 0 Å². The number of hydrogen-bond acceptors (Lipinski definition) is 2. The average molecular weight is 297 g/mol. The average Bonchev–Trinajstić information content (AvgIpc) is 2.24. The van der Waals surface area contributed by atoms with Gasteiger partial charge in [-0.25, -0.2) is 0 Å². The fourth-order valence-corrected chi connectivity index (χ4v) is 2.17. The maximum absolute atomic E-state index is 12.0. The molecule has 0 spiro atoms. The number of halogens is 3. The molecular formula is C15H30F3NO. The lowest BCUT2D eigenvalue weighted by Crippen LogP contribution is -2.43. The first-order valence-electron chi connectivity index (χ1n) is 7.37. The minimum Gasteiger partial charge on any atom is -0.372 e. The third-order valence-corrected chi connectivity index (χ3v) is 3.23. The Morgan fingerprint density at radius 3 is 2.05 bits per heavy atom. The summed E-state index contributed by atoms with van der Waals surface area (Å²) in [6.07, 6.45) is -0.540. The van der Waals surface area contributed by atoms with E-state index in [1.165, 1.54) is 0 Å². The summed E-state index contributed by atoms with van der Waals surface area (Å²) in [4.78, 5) is 0. The topological polar surface area (TPSA) is 21.3 Å². The smallest absolute Gasteiger partial charge is 0.372 e. The highest BCUT2D eigenvalue weighted by molar-refractivity contribution is 4.81. The van der Waals surface area contributed by atoms with Gasteiger partial charge in [0.15, 0.2) is 0 Å². The molecule has 0 saturated carbocycles. The lowest BCUT2D eigenvalue weighted by molar-refractivity contribution is -0.174. The van der Waals surface area contributed by atoms with Crippen LogP contribution in [0.3, 0.4) is 0 Å². The van der Waals surface area contributed by atoms with Crippen LogP contribution in [0.1, 0.15) is 60.3 Å². The molecule has 20 heavy (non-hydrogen) atoms. The van der Waals surface area contributed by atoms with Crippen LogP contribution < -0.4 is 5.32 Å². The van der Waals surface area contributed by atoms with Crippen LogP contribution >= 0.6 is 0 Å². The van der Waals surface area contributed by atoms with Crippen molar-refractivity contribution in [3.63, 3.8) is 0 Å². The summed E-state index contributed by atoms with van der Waals surface area (Å²) in [5, 5.41) is 3.49. The van der Waals surface area contributed by atoms with Gasteiger partial charge in [-0.15, -0.1) is 0 Å². The molecule has 0 rings (SSSR count). The van der Waals surface area contributed by atoms with Crippen molar-refractivity contribution in [2.75, 3.05) is 19.8 Å². The molecule has 0 aliphatic heterocycles. The Balaban J connectivity index is 4.06. The Morgan fingerprint density at radius 2 is 1.60 bits per heavy atom. The highest BCUT2D eigenvalue weighted by atomic mass is 19.4. The molecule has 0 aromatic rings. The lowest BCUT2D eigenvalue weighted by Gasteiger charge is -2.33. The van der Waals surface area contributed by atoms with E-state index in [2.05, 4.69) is 44.7 Å². The van der Waals surface area contributed by atoms with Crippen molar-refractivity contribution in [1.29, 1.82) is 0 Å². The summed E-state index contributed by atoms with van der Waals surface area (Å²) < 4.78 is 40.5. The van der Waals surface area contributed by atoms with Gasteiger partial charge in [-0.2, -0.15) is 13.2 Å². The van der Waals surface area contributed by atoms with E-state index in [1.54, 1.807) is 0 Å². The fraction of sp³-hybridized carbons (Fsp3) is 1.00. The van der Waals surface area contributed by atoms with E-state index in [1.807, 2.05) is 0 Å². The second kappa shape index (κ2) is 8.23. The molecular weight excluding hydrogens is 267 g/mol. The summed E-state index contributed by atoms with van der Waals surface area (Å²) in [6.45, 7) is 10.6. The first kappa shape index (κ1) is 19.7. The first-order valence-corrected chi connectivity index (χ1v) is 7.37. The predicted octanol–water partition coefficient (Wildman–Crippen LogP) is 4.54. The number of alkyl halides is 3. The van der Waals surface area contributed by atoms with Crippen LogP contribution in [-0.2, 0) is 4.74 Å². The summed E-state index contributed by atoms with van der Waals surface area (Å²) >= 11 is 0. The van der Waals surface area contributed by atoms with Gasteiger partial charge in [-0.3, -0.25) is 0 Å². The van der Waals surface area contributed by atoms with Gasteiger partial charge in [0.05, 0.1) is 0 Å². The van der Waals surface area contributed by atoms with Gasteiger partial charge >= 0.3 is 6.18 Å². The van der Waals surface area contributed by atoms with Crippen LogP contribution in [0.2, 0.25) is 0 Å². The summed E-state index contributed by atoms with van der Waals surface area (Å²) in [7, 11) is 0. The van der Waals surface area contributed by atoms with Crippen molar-refractivity contribution in [3.05, 3.63) is 0 Å². The summed E-state index contributed by atoms with van der Waals surface area (Å²) in [5.74, 6) is 0. The maximum atomic E-state index is 12.0. The van der Waals surface area contributed by atoms with E-state index in [0.717, 1.165) is 25.8 Å². The molecule has 0 aliphatic rings. The lowest BCUT2D eigenvalue weighted by atomic mass is 9.80. The van der Waals surface area contributed by atoms with E-state index in [-0.39, 0.29) is 17.6 Å². The predicted molar refractivity (Wildman–Crippen MR) is 76.9 cm³/mol. The van der Waals surface area contributed by atoms with Crippen LogP contribution in [-0.4, -0.2) is 31.5 Å². The fourth-order valence-electron chi connectivity index (χ4n) is 2.17. The van der Waals surface area contributed by atoms with Crippen LogP contribution in [0.5, 0.6) is 0 Å². The number of hydrogen-bond donors (Lipinski definition) is 1. The van der Waals surface area contributed by atoms with Crippen molar-refractivity contribution in [2.24, 2.45) is 5.41 Å². The molecule has 0 radical (unpaired) electrons. The molecule has 0 bridgehead atoms. The van der Waals surface area contributed by atoms with E-state index >= 15 is 0 Å². The highest BCUT2D eigenvalue weighted by Crippen LogP contribution is 2.29. The summed E-state index contributed by atoms with van der Waals surface area (Å²) in [5.41, 5.74) is 0.172. The molecule has 122 valence electrons. The van der Waals surface area contributed by atoms with E-state index in [4.69, 9.17) is 0 Å². The molecule has 0 heterocycles. The van der Waals surface area contributed by atoms with Crippen molar-refractivity contribution in [1.82, 2.24) is 5.32 Å². The highest BCUT2D eigenvalue weighted by Gasteiger charge is 2.28. The zero-order valence-electron chi connectivity index (χ0n) is 13.5. The molecule has 5 heteroatoms. The molecule has 1 N–H and O–H groups in total. The second-order valence-electron chi connectivity index (χ2n) is 6.94. The van der Waals surface area contributed by atoms with Crippen LogP contribution in [0.4, 0.5) is 13.2 Å². The molecule has 0 amide bonds. The Morgan fingerprint density at radius 1 is 1.00 bits per heavy atom. The molecule has 0 aromatic carbocycles.